The number of hydrogen-bond acceptors (Lipinski definition) is 3. The first-order chi connectivity index (χ1) is 5.33. The Morgan fingerprint density at radius 1 is 1.55 bits per heavy atom. The summed E-state index contributed by atoms with van der Waals surface area (Å²) in [6.45, 7) is 3.37. The molecule has 0 amide bonds. The van der Waals surface area contributed by atoms with Crippen molar-refractivity contribution < 1.29 is 0 Å². The molecule has 3 N–H and O–H groups in total. The van der Waals surface area contributed by atoms with Crippen molar-refractivity contribution in [3.05, 3.63) is 23.9 Å². The highest BCUT2D eigenvalue weighted by atomic mass is 15.0. The standard InChI is InChI=1S/C8H13N3/c1-7-3-2-4-8(11-7)10-6-5-9/h2-4H,5-6,9H2,1H3,(H,10,11). The van der Waals surface area contributed by atoms with Crippen molar-refractivity contribution in [2.75, 3.05) is 18.4 Å². The van der Waals surface area contributed by atoms with Gasteiger partial charge in [0, 0.05) is 18.8 Å². The van der Waals surface area contributed by atoms with Crippen LogP contribution in [-0.4, -0.2) is 18.1 Å². The van der Waals surface area contributed by atoms with Gasteiger partial charge in [0.25, 0.3) is 0 Å². The van der Waals surface area contributed by atoms with Crippen molar-refractivity contribution in [1.82, 2.24) is 4.98 Å². The summed E-state index contributed by atoms with van der Waals surface area (Å²) in [7, 11) is 0. The summed E-state index contributed by atoms with van der Waals surface area (Å²) in [6, 6.07) is 5.87. The van der Waals surface area contributed by atoms with E-state index in [4.69, 9.17) is 5.73 Å². The first kappa shape index (κ1) is 8.01. The van der Waals surface area contributed by atoms with Gasteiger partial charge in [-0.2, -0.15) is 0 Å². The van der Waals surface area contributed by atoms with E-state index in [0.29, 0.717) is 6.54 Å². The average molecular weight is 151 g/mol. The average Bonchev–Trinajstić information content (AvgIpc) is 2.01. The van der Waals surface area contributed by atoms with Crippen LogP contribution in [0.4, 0.5) is 5.82 Å². The number of pyridine rings is 1. The number of nitrogens with zero attached hydrogens (tertiary/aromatic N) is 1. The zero-order chi connectivity index (χ0) is 8.10. The van der Waals surface area contributed by atoms with Crippen LogP contribution in [0.15, 0.2) is 18.2 Å². The molecule has 0 radical (unpaired) electrons. The summed E-state index contributed by atoms with van der Waals surface area (Å²) < 4.78 is 0. The highest BCUT2D eigenvalue weighted by molar-refractivity contribution is 5.34. The Hall–Kier alpha value is -1.09. The van der Waals surface area contributed by atoms with Crippen molar-refractivity contribution in [2.24, 2.45) is 5.73 Å². The molecule has 11 heavy (non-hydrogen) atoms. The van der Waals surface area contributed by atoms with Gasteiger partial charge in [0.15, 0.2) is 0 Å². The topological polar surface area (TPSA) is 50.9 Å². The number of aryl methyl sites for hydroxylation is 1. The lowest BCUT2D eigenvalue weighted by molar-refractivity contribution is 1.01. The largest absolute Gasteiger partial charge is 0.369 e. The van der Waals surface area contributed by atoms with E-state index < -0.39 is 0 Å². The highest BCUT2D eigenvalue weighted by Crippen LogP contribution is 2.02. The lowest BCUT2D eigenvalue weighted by Crippen LogP contribution is -2.13. The van der Waals surface area contributed by atoms with E-state index >= 15 is 0 Å². The molecule has 0 aliphatic carbocycles. The van der Waals surface area contributed by atoms with E-state index in [0.717, 1.165) is 18.1 Å². The summed E-state index contributed by atoms with van der Waals surface area (Å²) >= 11 is 0. The lowest BCUT2D eigenvalue weighted by Gasteiger charge is -2.02. The Morgan fingerprint density at radius 3 is 3.00 bits per heavy atom. The predicted molar refractivity (Wildman–Crippen MR) is 46.5 cm³/mol. The van der Waals surface area contributed by atoms with Crippen LogP contribution in [0.3, 0.4) is 0 Å². The molecule has 3 nitrogen and oxygen atoms in total. The molecule has 0 aromatic carbocycles. The van der Waals surface area contributed by atoms with Crippen molar-refractivity contribution in [3.8, 4) is 0 Å². The fraction of sp³-hybridized carbons (Fsp3) is 0.375. The van der Waals surface area contributed by atoms with Crippen LogP contribution in [-0.2, 0) is 0 Å². The lowest BCUT2D eigenvalue weighted by atomic mass is 10.4. The molecule has 60 valence electrons. The Bertz CT molecular complexity index is 222. The fourth-order valence-electron chi connectivity index (χ4n) is 0.842. The van der Waals surface area contributed by atoms with Gasteiger partial charge in [-0.3, -0.25) is 0 Å². The van der Waals surface area contributed by atoms with E-state index in [1.807, 2.05) is 25.1 Å². The van der Waals surface area contributed by atoms with E-state index in [-0.39, 0.29) is 0 Å². The van der Waals surface area contributed by atoms with Crippen LogP contribution in [0.25, 0.3) is 0 Å². The van der Waals surface area contributed by atoms with Crippen molar-refractivity contribution in [1.29, 1.82) is 0 Å². The van der Waals surface area contributed by atoms with Gasteiger partial charge in [-0.25, -0.2) is 4.98 Å². The zero-order valence-electron chi connectivity index (χ0n) is 6.67. The molecule has 0 atom stereocenters. The van der Waals surface area contributed by atoms with Gasteiger partial charge in [-0.05, 0) is 19.1 Å². The van der Waals surface area contributed by atoms with Gasteiger partial charge in [0.1, 0.15) is 5.82 Å². The van der Waals surface area contributed by atoms with Crippen LogP contribution in [0.1, 0.15) is 5.69 Å². The van der Waals surface area contributed by atoms with Crippen molar-refractivity contribution in [3.63, 3.8) is 0 Å². The maximum absolute atomic E-state index is 5.32. The Labute approximate surface area is 66.6 Å². The zero-order valence-corrected chi connectivity index (χ0v) is 6.67. The minimum atomic E-state index is 0.635. The van der Waals surface area contributed by atoms with Gasteiger partial charge in [-0.15, -0.1) is 0 Å². The molecule has 3 heteroatoms. The molecule has 0 spiro atoms. The minimum Gasteiger partial charge on any atom is -0.369 e. The molecule has 1 rings (SSSR count). The number of anilines is 1. The van der Waals surface area contributed by atoms with E-state index in [9.17, 15) is 0 Å². The predicted octanol–water partition coefficient (Wildman–Crippen LogP) is 0.761. The Kier molecular flexibility index (Phi) is 2.86. The van der Waals surface area contributed by atoms with Crippen LogP contribution in [0.2, 0.25) is 0 Å². The first-order valence-corrected chi connectivity index (χ1v) is 3.70. The minimum absolute atomic E-state index is 0.635. The third-order valence-electron chi connectivity index (χ3n) is 1.34. The molecular formula is C8H13N3. The smallest absolute Gasteiger partial charge is 0.126 e. The van der Waals surface area contributed by atoms with Gasteiger partial charge >= 0.3 is 0 Å². The normalized spacial score (nSPS) is 9.64. The molecule has 1 heterocycles. The molecule has 0 fully saturated rings. The molecule has 1 aromatic rings. The number of nitrogens with two attached hydrogens (primary N) is 1. The third-order valence-corrected chi connectivity index (χ3v) is 1.34. The Morgan fingerprint density at radius 2 is 2.36 bits per heavy atom. The Balaban J connectivity index is 2.56. The second-order valence-corrected chi connectivity index (χ2v) is 2.38. The molecular weight excluding hydrogens is 138 g/mol. The fourth-order valence-corrected chi connectivity index (χ4v) is 0.842. The number of nitrogens with one attached hydrogen (secondary N) is 1. The van der Waals surface area contributed by atoms with Gasteiger partial charge in [0.2, 0.25) is 0 Å². The SMILES string of the molecule is Cc1cccc(NCCN)n1. The molecule has 0 aliphatic heterocycles. The summed E-state index contributed by atoms with van der Waals surface area (Å²) in [5, 5.41) is 3.10. The first-order valence-electron chi connectivity index (χ1n) is 3.70. The van der Waals surface area contributed by atoms with Crippen LogP contribution >= 0.6 is 0 Å². The summed E-state index contributed by atoms with van der Waals surface area (Å²) in [6.07, 6.45) is 0. The third kappa shape index (κ3) is 2.55. The molecule has 1 aromatic heterocycles. The van der Waals surface area contributed by atoms with E-state index in [2.05, 4.69) is 10.3 Å². The van der Waals surface area contributed by atoms with Crippen molar-refractivity contribution >= 4 is 5.82 Å². The maximum atomic E-state index is 5.32. The van der Waals surface area contributed by atoms with Gasteiger partial charge in [-0.1, -0.05) is 6.07 Å². The molecule has 0 bridgehead atoms. The number of rotatable bonds is 3. The summed E-state index contributed by atoms with van der Waals surface area (Å²) in [4.78, 5) is 4.24. The van der Waals surface area contributed by atoms with Gasteiger partial charge < -0.3 is 11.1 Å². The van der Waals surface area contributed by atoms with Crippen LogP contribution < -0.4 is 11.1 Å². The number of aromatic nitrogens is 1. The summed E-state index contributed by atoms with van der Waals surface area (Å²) in [5.41, 5.74) is 6.34. The quantitative estimate of drug-likeness (QED) is 0.670. The summed E-state index contributed by atoms with van der Waals surface area (Å²) in [5.74, 6) is 0.899. The van der Waals surface area contributed by atoms with Crippen molar-refractivity contribution in [2.45, 2.75) is 6.92 Å². The monoisotopic (exact) mass is 151 g/mol. The number of hydrogen-bond donors (Lipinski definition) is 2. The molecule has 0 aliphatic rings. The van der Waals surface area contributed by atoms with Crippen LogP contribution in [0.5, 0.6) is 0 Å². The van der Waals surface area contributed by atoms with E-state index in [1.165, 1.54) is 0 Å². The van der Waals surface area contributed by atoms with E-state index in [1.54, 1.807) is 0 Å². The second-order valence-electron chi connectivity index (χ2n) is 2.38. The molecule has 0 saturated heterocycles. The molecule has 0 unspecified atom stereocenters. The second kappa shape index (κ2) is 3.93. The van der Waals surface area contributed by atoms with Gasteiger partial charge in [0.05, 0.1) is 0 Å². The highest BCUT2D eigenvalue weighted by Gasteiger charge is 1.90. The maximum Gasteiger partial charge on any atom is 0.126 e. The van der Waals surface area contributed by atoms with Crippen LogP contribution in [0, 0.1) is 6.92 Å². The molecule has 0 saturated carbocycles.